The summed E-state index contributed by atoms with van der Waals surface area (Å²) in [6.45, 7) is 25.7. The van der Waals surface area contributed by atoms with Crippen molar-refractivity contribution in [3.05, 3.63) is 0 Å². The summed E-state index contributed by atoms with van der Waals surface area (Å²) in [4.78, 5) is 0. The molecule has 0 N–H and O–H groups in total. The van der Waals surface area contributed by atoms with Crippen LogP contribution >= 0.6 is 0 Å². The maximum atomic E-state index is 7.81. The van der Waals surface area contributed by atoms with E-state index in [2.05, 4.69) is 69.2 Å². The molecule has 156 valence electrons. The zero-order valence-electron chi connectivity index (χ0n) is 20.0. The van der Waals surface area contributed by atoms with Gasteiger partial charge < -0.3 is 4.43 Å². The number of rotatable bonds is 10. The highest BCUT2D eigenvalue weighted by atomic mass is 29.8. The Kier molecular flexibility index (Phi) is 8.70. The third-order valence-corrected chi connectivity index (χ3v) is 78.2. The standard InChI is InChI=1S/C21H50OSi4/c1-11-21(12-2)22-24(15-5,16-6)26(19-9,20-10)25(17-7,18-8)23(21,13-3)14-4/h11-20H2,1-10H3. The molecule has 1 heterocycles. The maximum Gasteiger partial charge on any atom is 0.177 e. The van der Waals surface area contributed by atoms with Crippen LogP contribution in [0.4, 0.5) is 0 Å². The molecule has 0 radical (unpaired) electrons. The lowest BCUT2D eigenvalue weighted by molar-refractivity contribution is 0.125. The van der Waals surface area contributed by atoms with Crippen molar-refractivity contribution in [3.8, 4) is 0 Å². The van der Waals surface area contributed by atoms with E-state index in [0.717, 1.165) is 0 Å². The smallest absolute Gasteiger partial charge is 0.177 e. The van der Waals surface area contributed by atoms with E-state index in [1.165, 1.54) is 49.1 Å². The Hall–Kier alpha value is 0.828. The summed E-state index contributed by atoms with van der Waals surface area (Å²) in [5, 5.41) is 0.299. The molecule has 0 atom stereocenters. The zero-order valence-corrected chi connectivity index (χ0v) is 24.0. The first-order valence-electron chi connectivity index (χ1n) is 12.0. The first-order valence-corrected chi connectivity index (χ1v) is 24.6. The summed E-state index contributed by atoms with van der Waals surface area (Å²) in [7, 11) is -5.83. The van der Waals surface area contributed by atoms with Gasteiger partial charge in [-0.25, -0.2) is 0 Å². The third kappa shape index (κ3) is 2.66. The van der Waals surface area contributed by atoms with Crippen LogP contribution in [0.15, 0.2) is 0 Å². The van der Waals surface area contributed by atoms with E-state index in [1.807, 2.05) is 0 Å². The van der Waals surface area contributed by atoms with Crippen molar-refractivity contribution >= 4 is 29.6 Å². The van der Waals surface area contributed by atoms with Gasteiger partial charge in [0.2, 0.25) is 0 Å². The summed E-state index contributed by atoms with van der Waals surface area (Å²) in [5.74, 6) is 0. The SMILES string of the molecule is CCC1(CC)O[Si](CC)(CC)[Si](CC)(CC)[Si](CC)(CC)[Si]1(CC)CC. The molecule has 0 unspecified atom stereocenters. The Morgan fingerprint density at radius 1 is 0.500 bits per heavy atom. The van der Waals surface area contributed by atoms with Crippen LogP contribution in [0.25, 0.3) is 0 Å². The van der Waals surface area contributed by atoms with Gasteiger partial charge in [0, 0.05) is 12.3 Å². The minimum Gasteiger partial charge on any atom is -0.417 e. The van der Waals surface area contributed by atoms with Crippen LogP contribution in [0.2, 0.25) is 48.4 Å². The molecule has 0 saturated carbocycles. The van der Waals surface area contributed by atoms with Crippen molar-refractivity contribution in [3.63, 3.8) is 0 Å². The quantitative estimate of drug-likeness (QED) is 0.321. The molecule has 1 aliphatic heterocycles. The van der Waals surface area contributed by atoms with Gasteiger partial charge in [0.15, 0.2) is 7.83 Å². The summed E-state index contributed by atoms with van der Waals surface area (Å²) >= 11 is 0. The summed E-state index contributed by atoms with van der Waals surface area (Å²) in [6.07, 6.45) is 2.58. The molecule has 0 bridgehead atoms. The Morgan fingerprint density at radius 2 is 0.885 bits per heavy atom. The largest absolute Gasteiger partial charge is 0.417 e. The fraction of sp³-hybridized carbons (Fsp3) is 1.00. The summed E-state index contributed by atoms with van der Waals surface area (Å²) < 4.78 is 7.81. The molecule has 5 heteroatoms. The van der Waals surface area contributed by atoms with Crippen LogP contribution in [0.1, 0.15) is 82.1 Å². The molecule has 1 fully saturated rings. The van der Waals surface area contributed by atoms with Gasteiger partial charge in [-0.1, -0.05) is 106 Å². The molecule has 0 spiro atoms. The average Bonchev–Trinajstić information content (AvgIpc) is 2.71. The first-order chi connectivity index (χ1) is 12.3. The molecule has 0 aromatic rings. The Morgan fingerprint density at radius 3 is 1.12 bits per heavy atom. The molecular weight excluding hydrogens is 381 g/mol. The Bertz CT molecular complexity index is 395. The fourth-order valence-electron chi connectivity index (χ4n) is 8.79. The van der Waals surface area contributed by atoms with Gasteiger partial charge in [-0.15, -0.1) is 0 Å². The van der Waals surface area contributed by atoms with E-state index in [-0.39, 0.29) is 0 Å². The molecule has 0 amide bonds. The molecule has 1 aliphatic rings. The Balaban J connectivity index is 4.09. The van der Waals surface area contributed by atoms with Crippen molar-refractivity contribution in [2.75, 3.05) is 0 Å². The van der Waals surface area contributed by atoms with Gasteiger partial charge >= 0.3 is 0 Å². The topological polar surface area (TPSA) is 9.23 Å². The molecule has 1 saturated heterocycles. The van der Waals surface area contributed by atoms with Crippen molar-refractivity contribution in [2.24, 2.45) is 0 Å². The number of hydrogen-bond donors (Lipinski definition) is 0. The van der Waals surface area contributed by atoms with Crippen molar-refractivity contribution in [2.45, 2.75) is 136 Å². The predicted molar refractivity (Wildman–Crippen MR) is 131 cm³/mol. The lowest BCUT2D eigenvalue weighted by Gasteiger charge is -2.73. The predicted octanol–water partition coefficient (Wildman–Crippen LogP) is 7.80. The lowest BCUT2D eigenvalue weighted by atomic mass is 10.2. The molecule has 0 aromatic carbocycles. The monoisotopic (exact) mass is 430 g/mol. The van der Waals surface area contributed by atoms with Crippen molar-refractivity contribution in [1.82, 2.24) is 0 Å². The molecule has 1 rings (SSSR count). The highest BCUT2D eigenvalue weighted by Crippen LogP contribution is 2.59. The van der Waals surface area contributed by atoms with E-state index in [9.17, 15) is 0 Å². The number of hydrogen-bond acceptors (Lipinski definition) is 1. The Labute approximate surface area is 169 Å². The third-order valence-electron chi connectivity index (χ3n) is 9.87. The van der Waals surface area contributed by atoms with E-state index in [4.69, 9.17) is 4.43 Å². The van der Waals surface area contributed by atoms with E-state index < -0.39 is 29.6 Å². The van der Waals surface area contributed by atoms with Crippen LogP contribution in [-0.2, 0) is 4.43 Å². The fourth-order valence-corrected chi connectivity index (χ4v) is 106. The van der Waals surface area contributed by atoms with Crippen LogP contribution in [0.3, 0.4) is 0 Å². The van der Waals surface area contributed by atoms with Crippen molar-refractivity contribution < 1.29 is 4.43 Å². The average molecular weight is 431 g/mol. The highest BCUT2D eigenvalue weighted by Gasteiger charge is 2.78. The second kappa shape index (κ2) is 9.10. The second-order valence-corrected chi connectivity index (χ2v) is 44.2. The maximum absolute atomic E-state index is 7.81. The molecule has 0 aromatic heterocycles. The molecule has 26 heavy (non-hydrogen) atoms. The summed E-state index contributed by atoms with van der Waals surface area (Å²) in [5.41, 5.74) is 0. The molecule has 0 aliphatic carbocycles. The van der Waals surface area contributed by atoms with E-state index in [1.54, 1.807) is 12.1 Å². The van der Waals surface area contributed by atoms with Gasteiger partial charge in [-0.2, -0.15) is 0 Å². The lowest BCUT2D eigenvalue weighted by Crippen LogP contribution is -2.95. The molecule has 1 nitrogen and oxygen atoms in total. The van der Waals surface area contributed by atoms with Gasteiger partial charge in [-0.3, -0.25) is 0 Å². The van der Waals surface area contributed by atoms with Gasteiger partial charge in [0.1, 0.15) is 0 Å². The van der Waals surface area contributed by atoms with E-state index in [0.29, 0.717) is 5.22 Å². The van der Waals surface area contributed by atoms with Crippen molar-refractivity contribution in [1.29, 1.82) is 0 Å². The minimum atomic E-state index is -1.65. The molecular formula is C21H50OSi4. The first kappa shape index (κ1) is 24.9. The zero-order chi connectivity index (χ0) is 20.3. The van der Waals surface area contributed by atoms with Gasteiger partial charge in [0.05, 0.1) is 14.7 Å². The normalized spacial score (nSPS) is 25.2. The van der Waals surface area contributed by atoms with Crippen LogP contribution in [-0.4, -0.2) is 34.9 Å². The second-order valence-electron chi connectivity index (χ2n) is 8.87. The van der Waals surface area contributed by atoms with Crippen LogP contribution < -0.4 is 0 Å². The highest BCUT2D eigenvalue weighted by molar-refractivity contribution is 7.85. The van der Waals surface area contributed by atoms with Crippen LogP contribution in [0, 0.1) is 0 Å². The van der Waals surface area contributed by atoms with E-state index >= 15 is 0 Å². The minimum absolute atomic E-state index is 0.299. The van der Waals surface area contributed by atoms with Gasteiger partial charge in [-0.05, 0) is 24.9 Å². The van der Waals surface area contributed by atoms with Gasteiger partial charge in [0.25, 0.3) is 0 Å². The van der Waals surface area contributed by atoms with Crippen LogP contribution in [0.5, 0.6) is 0 Å². The summed E-state index contributed by atoms with van der Waals surface area (Å²) in [6, 6.07) is 12.0.